The van der Waals surface area contributed by atoms with Crippen molar-refractivity contribution in [1.82, 2.24) is 60.0 Å². The number of carbonyl (C=O) groups is 1. The number of aliphatic hydroxyl groups excluding tert-OH is 17. The first kappa shape index (κ1) is 85.6. The van der Waals surface area contributed by atoms with Crippen molar-refractivity contribution >= 4 is 22.7 Å². The Labute approximate surface area is 638 Å². The Bertz CT molecular complexity index is 3660. The van der Waals surface area contributed by atoms with Crippen molar-refractivity contribution in [3.05, 3.63) is 113 Å². The number of rotatable bonds is 44. The summed E-state index contributed by atoms with van der Waals surface area (Å²) in [6.07, 6.45) is -22.0. The molecule has 1 aliphatic carbocycles. The van der Waals surface area contributed by atoms with E-state index in [4.69, 9.17) is 56.8 Å². The van der Waals surface area contributed by atoms with E-state index in [-0.39, 0.29) is 123 Å². The lowest BCUT2D eigenvalue weighted by Crippen LogP contribution is -2.59. The van der Waals surface area contributed by atoms with E-state index in [9.17, 15) is 91.6 Å². The highest BCUT2D eigenvalue weighted by Crippen LogP contribution is 2.44. The Balaban J connectivity index is 0.693. The van der Waals surface area contributed by atoms with Crippen LogP contribution < -0.4 is 9.80 Å². The van der Waals surface area contributed by atoms with Crippen molar-refractivity contribution in [3.63, 3.8) is 0 Å². The zero-order valence-corrected chi connectivity index (χ0v) is 60.7. The average molecular weight is 1590 g/mol. The molecule has 17 N–H and O–H groups in total. The fraction of sp³-hybridized carbons (Fsp3) is 0.662. The molecule has 112 heavy (non-hydrogen) atoms. The molecule has 44 heteroatoms. The van der Waals surface area contributed by atoms with E-state index >= 15 is 0 Å². The average Bonchev–Trinajstić information content (AvgIpc) is 0.797. The van der Waals surface area contributed by atoms with Crippen LogP contribution in [0.4, 0.5) is 11.4 Å². The van der Waals surface area contributed by atoms with Gasteiger partial charge >= 0.3 is 0 Å². The number of ether oxygens (including phenoxy) is 12. The molecule has 4 aliphatic heterocycles. The fourth-order valence-corrected chi connectivity index (χ4v) is 12.8. The van der Waals surface area contributed by atoms with Crippen LogP contribution in [0.25, 0.3) is 5.57 Å². The number of hydrogen-bond donors (Lipinski definition) is 17. The van der Waals surface area contributed by atoms with Gasteiger partial charge in [0.1, 0.15) is 132 Å². The van der Waals surface area contributed by atoms with Gasteiger partial charge in [-0.1, -0.05) is 45.1 Å². The molecule has 4 saturated heterocycles. The first-order valence-electron chi connectivity index (χ1n) is 36.4. The fourth-order valence-electron chi connectivity index (χ4n) is 12.8. The molecule has 4 aromatic heterocycles. The van der Waals surface area contributed by atoms with Gasteiger partial charge in [0.15, 0.2) is 30.9 Å². The molecule has 0 bridgehead atoms. The lowest BCUT2D eigenvalue weighted by molar-refractivity contribution is -0.301. The summed E-state index contributed by atoms with van der Waals surface area (Å²) in [5.41, 5.74) is 4.57. The van der Waals surface area contributed by atoms with E-state index in [0.717, 1.165) is 11.4 Å². The number of Topliss-reactive ketones (excluding diaryl/α,β-unsaturated/α-hetero) is 1. The summed E-state index contributed by atoms with van der Waals surface area (Å²) >= 11 is 0. The van der Waals surface area contributed by atoms with Crippen LogP contribution in [0, 0.1) is 0 Å². The predicted molar refractivity (Wildman–Crippen MR) is 372 cm³/mol. The summed E-state index contributed by atoms with van der Waals surface area (Å²) in [6.45, 7) is 0.504. The van der Waals surface area contributed by atoms with Crippen LogP contribution in [0.2, 0.25) is 0 Å². The second kappa shape index (κ2) is 41.3. The van der Waals surface area contributed by atoms with Crippen molar-refractivity contribution in [2.75, 3.05) is 115 Å². The SMILES string of the molecule is O=C1C(c2ccc(N(CCOCc3cn(CCO[C@@H]4O[C@@H](CO)[C@H](O)[C@@H](O)[C@H]4O)nn3)CCOCc3cn(CCO[C@@H]4O[C@@H](CO)[C@H](O)[C@@H](O)[C@H]4O)nn3)cc2)=C(O)C1c1ccc(N(CCOCc2cn(CCO[C@@H]3O[C@@H](CO)[C@H](O)[C@@H](O)[C@H]3O)nn2)CCOCc2cn(CCO[C@@H]3O[C@@H](CO)[C@H](O)[C@@H](O)[C@H]3O)nn2)cc1. The molecular formula is C68H98N14O30. The Morgan fingerprint density at radius 1 is 0.357 bits per heavy atom. The molecule has 44 nitrogen and oxygen atoms in total. The minimum Gasteiger partial charge on any atom is -0.510 e. The summed E-state index contributed by atoms with van der Waals surface area (Å²) < 4.78 is 74.1. The third kappa shape index (κ3) is 21.8. The Morgan fingerprint density at radius 3 is 0.884 bits per heavy atom. The number of benzene rings is 2. The van der Waals surface area contributed by atoms with Gasteiger partial charge in [-0.15, -0.1) is 20.4 Å². The molecule has 6 aromatic rings. The molecule has 0 saturated carbocycles. The van der Waals surface area contributed by atoms with Crippen LogP contribution in [0.1, 0.15) is 39.8 Å². The van der Waals surface area contributed by atoms with Crippen molar-refractivity contribution in [3.8, 4) is 0 Å². The van der Waals surface area contributed by atoms with Gasteiger partial charge in [0.05, 0.1) is 162 Å². The summed E-state index contributed by atoms with van der Waals surface area (Å²) in [4.78, 5) is 18.1. The Morgan fingerprint density at radius 2 is 0.625 bits per heavy atom. The molecule has 4 fully saturated rings. The zero-order chi connectivity index (χ0) is 79.5. The molecule has 5 aliphatic rings. The highest BCUT2D eigenvalue weighted by Gasteiger charge is 2.48. The second-order valence-corrected chi connectivity index (χ2v) is 27.0. The summed E-state index contributed by atoms with van der Waals surface area (Å²) in [6, 6.07) is 14.2. The van der Waals surface area contributed by atoms with E-state index in [1.807, 2.05) is 21.9 Å². The maximum absolute atomic E-state index is 14.1. The number of nitrogens with zero attached hydrogens (tertiary/aromatic N) is 14. The Kier molecular flexibility index (Phi) is 31.6. The quantitative estimate of drug-likeness (QED) is 0.0158. The lowest BCUT2D eigenvalue weighted by atomic mass is 9.75. The third-order valence-electron chi connectivity index (χ3n) is 19.3. The molecule has 11 rings (SSSR count). The van der Waals surface area contributed by atoms with Crippen molar-refractivity contribution in [2.45, 2.75) is 181 Å². The maximum Gasteiger partial charge on any atom is 0.186 e. The van der Waals surface area contributed by atoms with Crippen LogP contribution in [0.3, 0.4) is 0 Å². The number of allylic oxidation sites excluding steroid dienone is 2. The largest absolute Gasteiger partial charge is 0.510 e. The van der Waals surface area contributed by atoms with Crippen molar-refractivity contribution < 1.29 is 148 Å². The molecule has 2 aromatic carbocycles. The lowest BCUT2D eigenvalue weighted by Gasteiger charge is -2.39. The monoisotopic (exact) mass is 1590 g/mol. The summed E-state index contributed by atoms with van der Waals surface area (Å²) in [7, 11) is 0. The molecular weight excluding hydrogens is 1490 g/mol. The van der Waals surface area contributed by atoms with Crippen LogP contribution in [-0.4, -0.2) is 381 Å². The molecule has 0 spiro atoms. The van der Waals surface area contributed by atoms with E-state index in [0.29, 0.717) is 60.1 Å². The van der Waals surface area contributed by atoms with E-state index in [1.54, 1.807) is 61.2 Å². The van der Waals surface area contributed by atoms with E-state index < -0.39 is 155 Å². The summed E-state index contributed by atoms with van der Waals surface area (Å²) in [5.74, 6) is -1.37. The van der Waals surface area contributed by atoms with Gasteiger partial charge in [-0.25, -0.2) is 18.7 Å². The predicted octanol–water partition coefficient (Wildman–Crippen LogP) is -8.57. The Hall–Kier alpha value is -7.31. The van der Waals surface area contributed by atoms with Gasteiger partial charge in [-0.05, 0) is 35.4 Å². The maximum atomic E-state index is 14.1. The molecule has 620 valence electrons. The smallest absolute Gasteiger partial charge is 0.186 e. The highest BCUT2D eigenvalue weighted by molar-refractivity contribution is 6.32. The number of aromatic nitrogens is 12. The zero-order valence-electron chi connectivity index (χ0n) is 60.7. The van der Waals surface area contributed by atoms with E-state index in [2.05, 4.69) is 41.2 Å². The van der Waals surface area contributed by atoms with Crippen LogP contribution in [-0.2, 0) is 114 Å². The number of aliphatic hydroxyl groups is 17. The van der Waals surface area contributed by atoms with Crippen molar-refractivity contribution in [1.29, 1.82) is 0 Å². The van der Waals surface area contributed by atoms with Gasteiger partial charge < -0.3 is 153 Å². The van der Waals surface area contributed by atoms with Gasteiger partial charge in [0.25, 0.3) is 0 Å². The van der Waals surface area contributed by atoms with Gasteiger partial charge in [0, 0.05) is 37.6 Å². The standard InChI is InChI=1S/C68H98N14O30/c83-29-45-51(87)57(93)61(97)65(109-45)105-21-13-79-25-39(69-73-79)33-101-17-9-77(10-18-102-34-40-26-80(74-70-40)14-22-106-66-62(98)58(94)52(88)46(30-84)110-66)43-5-1-37(2-6-43)49-55(91)50(56(49)92)38-3-7-44(8-4-38)78(11-19-103-35-41-27-81(75-71-41)15-23-107-67-63(99)59(95)53(89)47(31-85)111-67)12-20-104-36-42-28-82(76-72-42)16-24-108-68-64(100)60(96)54(90)48(32-86)112-68/h1-8,25-28,45-49,51-54,57-68,83-91,93-100H,9-24,29-36H2/t45-,46-,47-,48-,49?,51-,52-,53-,54-,57+,58+,59+,60+,61+,62+,63+,64+,65+,66+,67+,68+/m0/s1. The number of anilines is 2. The van der Waals surface area contributed by atoms with Gasteiger partial charge in [0.2, 0.25) is 0 Å². The van der Waals surface area contributed by atoms with Gasteiger partial charge in [-0.2, -0.15) is 0 Å². The molecule has 8 heterocycles. The first-order valence-corrected chi connectivity index (χ1v) is 36.4. The number of hydrogen-bond acceptors (Lipinski definition) is 40. The normalized spacial score (nSPS) is 29.6. The van der Waals surface area contributed by atoms with E-state index in [1.165, 1.54) is 18.7 Å². The molecule has 0 radical (unpaired) electrons. The highest BCUT2D eigenvalue weighted by atomic mass is 16.7. The number of ketones is 1. The minimum atomic E-state index is -1.59. The molecule has 1 unspecified atom stereocenters. The summed E-state index contributed by atoms with van der Waals surface area (Å²) in [5, 5.41) is 205. The number of carbonyl (C=O) groups excluding carboxylic acids is 1. The minimum absolute atomic E-state index is 0.0335. The topological polar surface area (TPSA) is 601 Å². The van der Waals surface area contributed by atoms with Gasteiger partial charge in [-0.3, -0.25) is 4.79 Å². The van der Waals surface area contributed by atoms with Crippen LogP contribution in [0.15, 0.2) is 79.1 Å². The van der Waals surface area contributed by atoms with Crippen molar-refractivity contribution in [2.24, 2.45) is 0 Å². The van der Waals surface area contributed by atoms with Crippen LogP contribution in [0.5, 0.6) is 0 Å². The molecule has 0 amide bonds. The second-order valence-electron chi connectivity index (χ2n) is 27.0. The first-order chi connectivity index (χ1) is 54.1. The van der Waals surface area contributed by atoms with Crippen LogP contribution >= 0.6 is 0 Å². The molecule has 21 atom stereocenters. The third-order valence-corrected chi connectivity index (χ3v) is 19.3.